The topological polar surface area (TPSA) is 66.4 Å². The van der Waals surface area contributed by atoms with Gasteiger partial charge in [-0.25, -0.2) is 22.7 Å². The largest absolute Gasteiger partial charge is 0.358 e. The Hall–Kier alpha value is -1.25. The molecular weight excluding hydrogens is 320 g/mol. The second-order valence-corrected chi connectivity index (χ2v) is 8.68. The maximum Gasteiger partial charge on any atom is 0.214 e. The lowest BCUT2D eigenvalue weighted by atomic mass is 10.3. The average Bonchev–Trinajstić information content (AvgIpc) is 3.06. The molecule has 0 aliphatic carbocycles. The first-order chi connectivity index (χ1) is 10.5. The van der Waals surface area contributed by atoms with Gasteiger partial charge in [0.05, 0.1) is 11.1 Å². The zero-order valence-corrected chi connectivity index (χ0v) is 14.5. The predicted molar refractivity (Wildman–Crippen MR) is 90.0 cm³/mol. The van der Waals surface area contributed by atoms with E-state index in [0.29, 0.717) is 19.6 Å². The van der Waals surface area contributed by atoms with Crippen molar-refractivity contribution in [2.45, 2.75) is 19.8 Å². The number of thiophene rings is 1. The number of sulfonamides is 1. The van der Waals surface area contributed by atoms with Crippen LogP contribution in [0.2, 0.25) is 0 Å². The van der Waals surface area contributed by atoms with Gasteiger partial charge in [-0.15, -0.1) is 11.3 Å². The predicted octanol–water partition coefficient (Wildman–Crippen LogP) is 1.73. The van der Waals surface area contributed by atoms with E-state index < -0.39 is 10.0 Å². The maximum atomic E-state index is 11.8. The number of hydrogen-bond donors (Lipinski definition) is 0. The van der Waals surface area contributed by atoms with Gasteiger partial charge in [0, 0.05) is 31.6 Å². The molecule has 6 nitrogen and oxygen atoms in total. The number of anilines is 1. The summed E-state index contributed by atoms with van der Waals surface area (Å²) in [6, 6.07) is 2.14. The van der Waals surface area contributed by atoms with Crippen molar-refractivity contribution >= 4 is 37.4 Å². The fraction of sp³-hybridized carbons (Fsp3) is 0.571. The highest BCUT2D eigenvalue weighted by Crippen LogP contribution is 2.30. The summed E-state index contributed by atoms with van der Waals surface area (Å²) in [4.78, 5) is 13.0. The second kappa shape index (κ2) is 6.10. The van der Waals surface area contributed by atoms with Gasteiger partial charge in [-0.2, -0.15) is 0 Å². The third kappa shape index (κ3) is 2.95. The van der Waals surface area contributed by atoms with Crippen LogP contribution in [0.1, 0.15) is 18.2 Å². The van der Waals surface area contributed by atoms with Gasteiger partial charge in [-0.05, 0) is 18.9 Å². The molecule has 0 amide bonds. The molecule has 3 rings (SSSR count). The molecule has 0 spiro atoms. The van der Waals surface area contributed by atoms with Crippen LogP contribution in [0.3, 0.4) is 0 Å². The average molecular weight is 340 g/mol. The quantitative estimate of drug-likeness (QED) is 0.829. The van der Waals surface area contributed by atoms with Crippen molar-refractivity contribution in [1.29, 1.82) is 0 Å². The molecule has 0 saturated carbocycles. The minimum atomic E-state index is -3.03. The van der Waals surface area contributed by atoms with Crippen molar-refractivity contribution < 1.29 is 8.42 Å². The van der Waals surface area contributed by atoms with Crippen LogP contribution in [0.5, 0.6) is 0 Å². The van der Waals surface area contributed by atoms with E-state index in [1.165, 1.54) is 4.88 Å². The summed E-state index contributed by atoms with van der Waals surface area (Å²) in [5, 5.41) is 1.05. The molecule has 120 valence electrons. The highest BCUT2D eigenvalue weighted by Gasteiger charge is 2.28. The number of rotatable bonds is 5. The lowest BCUT2D eigenvalue weighted by molar-refractivity contribution is 0.449. The maximum absolute atomic E-state index is 11.8. The number of aromatic nitrogens is 2. The van der Waals surface area contributed by atoms with Crippen molar-refractivity contribution in [1.82, 2.24) is 14.3 Å². The zero-order chi connectivity index (χ0) is 15.7. The summed E-state index contributed by atoms with van der Waals surface area (Å²) >= 11 is 1.69. The van der Waals surface area contributed by atoms with E-state index in [1.54, 1.807) is 22.0 Å². The third-order valence-corrected chi connectivity index (χ3v) is 7.10. The van der Waals surface area contributed by atoms with Crippen LogP contribution in [-0.4, -0.2) is 55.1 Å². The Balaban J connectivity index is 1.77. The number of fused-ring (bicyclic) bond motifs is 1. The van der Waals surface area contributed by atoms with E-state index in [2.05, 4.69) is 23.0 Å². The molecule has 0 N–H and O–H groups in total. The smallest absolute Gasteiger partial charge is 0.214 e. The number of hydrogen-bond acceptors (Lipinski definition) is 6. The Bertz CT molecular complexity index is 772. The minimum absolute atomic E-state index is 0.277. The highest BCUT2D eigenvalue weighted by atomic mass is 32.2. The van der Waals surface area contributed by atoms with Crippen LogP contribution >= 0.6 is 11.3 Å². The van der Waals surface area contributed by atoms with Gasteiger partial charge in [-0.1, -0.05) is 6.92 Å². The Labute approximate surface area is 134 Å². The Morgan fingerprint density at radius 2 is 2.23 bits per heavy atom. The summed E-state index contributed by atoms with van der Waals surface area (Å²) in [5.74, 6) is 1.15. The van der Waals surface area contributed by atoms with Crippen molar-refractivity contribution in [3.05, 3.63) is 17.3 Å². The molecule has 1 fully saturated rings. The van der Waals surface area contributed by atoms with Crippen molar-refractivity contribution in [2.24, 2.45) is 0 Å². The van der Waals surface area contributed by atoms with Crippen LogP contribution in [0.4, 0.5) is 5.82 Å². The minimum Gasteiger partial charge on any atom is -0.358 e. The monoisotopic (exact) mass is 340 g/mol. The van der Waals surface area contributed by atoms with E-state index in [4.69, 9.17) is 0 Å². The first-order valence-corrected chi connectivity index (χ1v) is 9.86. The molecule has 22 heavy (non-hydrogen) atoms. The fourth-order valence-corrected chi connectivity index (χ4v) is 5.13. The van der Waals surface area contributed by atoms with E-state index in [0.717, 1.165) is 28.9 Å². The lowest BCUT2D eigenvalue weighted by Gasteiger charge is -2.22. The summed E-state index contributed by atoms with van der Waals surface area (Å²) in [6.45, 7) is 3.89. The molecule has 1 aliphatic heterocycles. The summed E-state index contributed by atoms with van der Waals surface area (Å²) < 4.78 is 25.3. The second-order valence-electron chi connectivity index (χ2n) is 5.47. The molecule has 1 aliphatic rings. The van der Waals surface area contributed by atoms with Crippen LogP contribution in [0.25, 0.3) is 10.2 Å². The van der Waals surface area contributed by atoms with E-state index in [9.17, 15) is 8.42 Å². The van der Waals surface area contributed by atoms with Crippen molar-refractivity contribution in [2.75, 3.05) is 37.3 Å². The van der Waals surface area contributed by atoms with Gasteiger partial charge >= 0.3 is 0 Å². The fourth-order valence-electron chi connectivity index (χ4n) is 2.68. The van der Waals surface area contributed by atoms with Crippen molar-refractivity contribution in [3.63, 3.8) is 0 Å². The van der Waals surface area contributed by atoms with Crippen LogP contribution in [-0.2, 0) is 16.4 Å². The molecule has 2 aromatic rings. The Kier molecular flexibility index (Phi) is 4.33. The summed E-state index contributed by atoms with van der Waals surface area (Å²) in [7, 11) is -1.08. The van der Waals surface area contributed by atoms with E-state index >= 15 is 0 Å². The lowest BCUT2D eigenvalue weighted by Crippen LogP contribution is -2.34. The van der Waals surface area contributed by atoms with Crippen molar-refractivity contribution in [3.8, 4) is 0 Å². The Morgan fingerprint density at radius 3 is 2.91 bits per heavy atom. The molecule has 8 heteroatoms. The van der Waals surface area contributed by atoms with Crippen LogP contribution in [0, 0.1) is 0 Å². The van der Waals surface area contributed by atoms with Gasteiger partial charge in [0.15, 0.2) is 0 Å². The number of aryl methyl sites for hydroxylation is 1. The first kappa shape index (κ1) is 15.6. The molecule has 3 heterocycles. The molecule has 0 bridgehead atoms. The summed E-state index contributed by atoms with van der Waals surface area (Å²) in [6.07, 6.45) is 3.29. The standard InChI is InChI=1S/C14H20N4O2S2/c1-3-11-9-12-13(15-10-16-14(12)21-11)17(2)6-7-18-5-4-8-22(18,19)20/h9-10H,3-8H2,1-2H3. The highest BCUT2D eigenvalue weighted by molar-refractivity contribution is 7.89. The molecule has 0 radical (unpaired) electrons. The first-order valence-electron chi connectivity index (χ1n) is 7.43. The van der Waals surface area contributed by atoms with Gasteiger partial charge in [-0.3, -0.25) is 0 Å². The number of likely N-dealkylation sites (N-methyl/N-ethyl adjacent to an activating group) is 1. The molecule has 2 aromatic heterocycles. The normalized spacial score (nSPS) is 18.1. The molecule has 0 unspecified atom stereocenters. The Morgan fingerprint density at radius 1 is 1.41 bits per heavy atom. The van der Waals surface area contributed by atoms with Crippen LogP contribution in [0.15, 0.2) is 12.4 Å². The summed E-state index contributed by atoms with van der Waals surface area (Å²) in [5.41, 5.74) is 0. The van der Waals surface area contributed by atoms with E-state index in [1.807, 2.05) is 11.9 Å². The van der Waals surface area contributed by atoms with Gasteiger partial charge in [0.1, 0.15) is 17.0 Å². The molecular formula is C14H20N4O2S2. The van der Waals surface area contributed by atoms with Gasteiger partial charge in [0.25, 0.3) is 0 Å². The SMILES string of the molecule is CCc1cc2c(N(C)CCN3CCCS3(=O)=O)ncnc2s1. The third-order valence-electron chi connectivity index (χ3n) is 3.96. The zero-order valence-electron chi connectivity index (χ0n) is 12.8. The van der Waals surface area contributed by atoms with Crippen LogP contribution < -0.4 is 4.90 Å². The number of nitrogens with zero attached hydrogens (tertiary/aromatic N) is 4. The molecule has 0 aromatic carbocycles. The van der Waals surface area contributed by atoms with Gasteiger partial charge < -0.3 is 4.90 Å². The molecule has 1 saturated heterocycles. The van der Waals surface area contributed by atoms with E-state index in [-0.39, 0.29) is 5.75 Å². The van der Waals surface area contributed by atoms with Gasteiger partial charge in [0.2, 0.25) is 10.0 Å². The molecule has 0 atom stereocenters.